The molecule has 0 amide bonds. The van der Waals surface area contributed by atoms with E-state index >= 15 is 0 Å². The van der Waals surface area contributed by atoms with E-state index in [-0.39, 0.29) is 44.7 Å². The Kier molecular flexibility index (Phi) is 16.4. The maximum Gasteiger partial charge on any atom is 0.261 e. The molecule has 9 nitrogen and oxygen atoms in total. The molecule has 0 spiro atoms. The summed E-state index contributed by atoms with van der Waals surface area (Å²) in [5, 5.41) is 6.24. The van der Waals surface area contributed by atoms with Crippen molar-refractivity contribution in [3.63, 3.8) is 0 Å². The van der Waals surface area contributed by atoms with Crippen LogP contribution in [0, 0.1) is 11.8 Å². The minimum atomic E-state index is -3.02. The Balaban J connectivity index is 1.61. The molecule has 4 aromatic rings. The average Bonchev–Trinajstić information content (AvgIpc) is 3.22. The number of nitrogens with zero attached hydrogens (tertiary/aromatic N) is 3. The number of benzene rings is 4. The van der Waals surface area contributed by atoms with E-state index in [0.717, 1.165) is 27.9 Å². The molecule has 1 saturated heterocycles. The zero-order chi connectivity index (χ0) is 40.0. The number of ether oxygens (including phenoxy) is 4. The van der Waals surface area contributed by atoms with Crippen molar-refractivity contribution in [1.29, 1.82) is 0 Å². The van der Waals surface area contributed by atoms with Crippen LogP contribution in [0.2, 0.25) is 5.04 Å². The fraction of sp³-hybridized carbons (Fsp3) is 0.467. The fourth-order valence-electron chi connectivity index (χ4n) is 7.94. The molecular formula is C45H58N3O6PSi. The molecule has 56 heavy (non-hydrogen) atoms. The van der Waals surface area contributed by atoms with Gasteiger partial charge in [0.25, 0.3) is 8.32 Å². The first-order chi connectivity index (χ1) is 27.1. The topological polar surface area (TPSA) is 112 Å². The highest BCUT2D eigenvalue weighted by molar-refractivity contribution is 7.23. The van der Waals surface area contributed by atoms with Gasteiger partial charge >= 0.3 is 0 Å². The molecule has 0 aliphatic carbocycles. The van der Waals surface area contributed by atoms with Crippen molar-refractivity contribution >= 4 is 27.2 Å². The van der Waals surface area contributed by atoms with Crippen molar-refractivity contribution in [3.8, 4) is 0 Å². The molecule has 1 aliphatic rings. The number of rotatable bonds is 20. The molecule has 1 heterocycles. The summed E-state index contributed by atoms with van der Waals surface area (Å²) in [5.74, 6) is 0.154. The van der Waals surface area contributed by atoms with Gasteiger partial charge in [0.1, 0.15) is 12.2 Å². The van der Waals surface area contributed by atoms with Crippen molar-refractivity contribution in [3.05, 3.63) is 143 Å². The first kappa shape index (κ1) is 43.4. The standard InChI is InChI=1S/C45H58N3O6PSi/c1-7-39-33(2)34(3)42(47-48-46)44(53-39)54-40(28-29-55-49)43(51-31-36-22-14-9-15-23-36)41(50-30-35-20-12-8-13-21-35)32-52-56(45(4,5)6,37-24-16-10-17-25-37)38-26-18-11-19-27-38/h8-27,33-34,39-44H,7,28-32H2,1-6H3/t33-,34-,39?,40+,41-,42?,43+,44-/m0/s1. The van der Waals surface area contributed by atoms with Gasteiger partial charge < -0.3 is 23.4 Å². The van der Waals surface area contributed by atoms with Gasteiger partial charge in [-0.1, -0.05) is 168 Å². The van der Waals surface area contributed by atoms with Crippen LogP contribution in [0.4, 0.5) is 0 Å². The summed E-state index contributed by atoms with van der Waals surface area (Å²) >= 11 is 0. The van der Waals surface area contributed by atoms with Gasteiger partial charge in [-0.25, -0.2) is 0 Å². The molecule has 5 rings (SSSR count). The predicted octanol–water partition coefficient (Wildman–Crippen LogP) is 9.89. The molecule has 2 unspecified atom stereocenters. The summed E-state index contributed by atoms with van der Waals surface area (Å²) in [6.07, 6.45) is -1.48. The fourth-order valence-corrected chi connectivity index (χ4v) is 12.9. The molecule has 1 fully saturated rings. The molecule has 1 aliphatic heterocycles. The van der Waals surface area contributed by atoms with Crippen LogP contribution in [0.3, 0.4) is 0 Å². The van der Waals surface area contributed by atoms with Gasteiger partial charge in [0, 0.05) is 11.1 Å². The van der Waals surface area contributed by atoms with E-state index in [4.69, 9.17) is 23.4 Å². The second-order valence-electron chi connectivity index (χ2n) is 15.8. The van der Waals surface area contributed by atoms with Gasteiger partial charge in [0.05, 0.1) is 38.1 Å². The summed E-state index contributed by atoms with van der Waals surface area (Å²) in [7, 11) is -3.04. The third-order valence-electron chi connectivity index (χ3n) is 11.1. The third-order valence-corrected chi connectivity index (χ3v) is 16.6. The van der Waals surface area contributed by atoms with Crippen molar-refractivity contribution in [1.82, 2.24) is 0 Å². The van der Waals surface area contributed by atoms with E-state index in [1.54, 1.807) is 0 Å². The second kappa shape index (κ2) is 21.2. The van der Waals surface area contributed by atoms with E-state index < -0.39 is 39.0 Å². The minimum absolute atomic E-state index is 0.000165. The Bertz CT molecular complexity index is 1760. The molecule has 8 atom stereocenters. The maximum absolute atomic E-state index is 12.2. The molecule has 0 saturated carbocycles. The molecule has 298 valence electrons. The summed E-state index contributed by atoms with van der Waals surface area (Å²) in [4.78, 5) is 3.21. The van der Waals surface area contributed by atoms with Crippen LogP contribution < -0.4 is 10.4 Å². The highest BCUT2D eigenvalue weighted by Crippen LogP contribution is 2.39. The lowest BCUT2D eigenvalue weighted by molar-refractivity contribution is -0.271. The van der Waals surface area contributed by atoms with Crippen molar-refractivity contribution in [2.45, 2.75) is 109 Å². The quantitative estimate of drug-likeness (QED) is 0.0290. The summed E-state index contributed by atoms with van der Waals surface area (Å²) in [6.45, 7) is 13.8. The van der Waals surface area contributed by atoms with Crippen LogP contribution in [-0.2, 0) is 41.2 Å². The lowest BCUT2D eigenvalue weighted by atomic mass is 9.81. The van der Waals surface area contributed by atoms with Gasteiger partial charge in [-0.05, 0) is 56.7 Å². The van der Waals surface area contributed by atoms with Gasteiger partial charge in [0.2, 0.25) is 0 Å². The summed E-state index contributed by atoms with van der Waals surface area (Å²) < 4.78 is 47.2. The van der Waals surface area contributed by atoms with Crippen LogP contribution in [0.1, 0.15) is 65.5 Å². The molecule has 0 bridgehead atoms. The van der Waals surface area contributed by atoms with Crippen LogP contribution in [0.5, 0.6) is 0 Å². The molecule has 4 aromatic carbocycles. The van der Waals surface area contributed by atoms with E-state index in [9.17, 15) is 10.1 Å². The minimum Gasteiger partial charge on any atom is -0.405 e. The number of azide groups is 1. The molecule has 11 heteroatoms. The normalized spacial score (nSPS) is 21.9. The Morgan fingerprint density at radius 2 is 1.30 bits per heavy atom. The van der Waals surface area contributed by atoms with Crippen molar-refractivity contribution in [2.75, 3.05) is 12.8 Å². The molecule has 0 radical (unpaired) electrons. The van der Waals surface area contributed by atoms with Gasteiger partial charge in [-0.2, -0.15) is 0 Å². The largest absolute Gasteiger partial charge is 0.405 e. The zero-order valence-electron chi connectivity index (χ0n) is 33.6. The van der Waals surface area contributed by atoms with Crippen LogP contribution in [0.25, 0.3) is 10.4 Å². The van der Waals surface area contributed by atoms with Crippen molar-refractivity contribution < 1.29 is 27.9 Å². The van der Waals surface area contributed by atoms with E-state index in [2.05, 4.69) is 100 Å². The van der Waals surface area contributed by atoms with Gasteiger partial charge in [-0.15, -0.1) is 0 Å². The highest BCUT2D eigenvalue weighted by atomic mass is 31.1. The lowest BCUT2D eigenvalue weighted by Gasteiger charge is -2.46. The van der Waals surface area contributed by atoms with Crippen LogP contribution in [-0.4, -0.2) is 57.8 Å². The lowest BCUT2D eigenvalue weighted by Crippen LogP contribution is -2.67. The van der Waals surface area contributed by atoms with Gasteiger partial charge in [0.15, 0.2) is 14.8 Å². The Labute approximate surface area is 336 Å². The van der Waals surface area contributed by atoms with Crippen LogP contribution >= 0.6 is 8.46 Å². The Morgan fingerprint density at radius 1 is 0.786 bits per heavy atom. The third kappa shape index (κ3) is 10.8. The van der Waals surface area contributed by atoms with E-state index in [1.807, 2.05) is 72.8 Å². The smallest absolute Gasteiger partial charge is 0.261 e. The predicted molar refractivity (Wildman–Crippen MR) is 226 cm³/mol. The maximum atomic E-state index is 12.2. The number of hydrogen-bond acceptors (Lipinski definition) is 7. The van der Waals surface area contributed by atoms with E-state index in [0.29, 0.717) is 19.2 Å². The monoisotopic (exact) mass is 795 g/mol. The SMILES string of the molecule is CCC1O[C@@H](O[C@H](CCP=O)[C@@H](OCc2ccccc2)[C@H](CO[Si](c2ccccc2)(c2ccccc2)C(C)(C)C)OCc2ccccc2)C(N=[N+]=[N-])[C@@H](C)[C@@H]1C. The molecular weight excluding hydrogens is 738 g/mol. The Morgan fingerprint density at radius 3 is 1.79 bits per heavy atom. The first-order valence-electron chi connectivity index (χ1n) is 19.8. The molecule has 0 N–H and O–H groups in total. The first-order valence-corrected chi connectivity index (χ1v) is 22.7. The van der Waals surface area contributed by atoms with E-state index in [1.165, 1.54) is 0 Å². The summed E-state index contributed by atoms with van der Waals surface area (Å²) in [6, 6.07) is 40.6. The molecule has 0 aromatic heterocycles. The Hall–Kier alpha value is -3.69. The zero-order valence-corrected chi connectivity index (χ0v) is 35.5. The van der Waals surface area contributed by atoms with Crippen LogP contribution in [0.15, 0.2) is 126 Å². The number of hydrogen-bond donors (Lipinski definition) is 0. The van der Waals surface area contributed by atoms with Crippen molar-refractivity contribution in [2.24, 2.45) is 17.0 Å². The second-order valence-corrected chi connectivity index (χ2v) is 20.8. The summed E-state index contributed by atoms with van der Waals surface area (Å²) in [5.41, 5.74) is 11.7. The highest BCUT2D eigenvalue weighted by Gasteiger charge is 2.51. The van der Waals surface area contributed by atoms with Gasteiger partial charge in [-0.3, -0.25) is 4.57 Å². The average molecular weight is 796 g/mol.